The zero-order valence-electron chi connectivity index (χ0n) is 11.6. The lowest BCUT2D eigenvalue weighted by molar-refractivity contribution is -0.284. The van der Waals surface area contributed by atoms with Gasteiger partial charge >= 0.3 is 6.18 Å². The number of alkyl halides is 3. The first-order valence-electron chi connectivity index (χ1n) is 6.71. The van der Waals surface area contributed by atoms with Gasteiger partial charge in [-0.3, -0.25) is 4.79 Å². The highest BCUT2D eigenvalue weighted by molar-refractivity contribution is 5.78. The van der Waals surface area contributed by atoms with E-state index >= 15 is 0 Å². The molecule has 0 spiro atoms. The molecule has 0 bridgehead atoms. The second-order valence-corrected chi connectivity index (χ2v) is 5.53. The average molecular weight is 281 g/mol. The smallest absolute Gasteiger partial charge is 0.380 e. The van der Waals surface area contributed by atoms with Gasteiger partial charge in [0.1, 0.15) is 0 Å². The van der Waals surface area contributed by atoms with E-state index in [1.807, 2.05) is 0 Å². The van der Waals surface area contributed by atoms with Gasteiger partial charge in [0.05, 0.1) is 0 Å². The minimum atomic E-state index is -4.61. The number of amides is 1. The van der Waals surface area contributed by atoms with Crippen LogP contribution in [0.1, 0.15) is 40.0 Å². The fraction of sp³-hybridized carbons (Fsp3) is 0.923. The summed E-state index contributed by atoms with van der Waals surface area (Å²) in [5.41, 5.74) is -2.63. The standard InChI is InChI=1S/C13H22F3NO2/c1-4-12(19,13(14,15)16)10-5-7-17(8-6-10)11(18)9(2)3/h9-10,19H,4-8H2,1-3H3. The molecule has 0 aromatic heterocycles. The van der Waals surface area contributed by atoms with Crippen molar-refractivity contribution in [1.82, 2.24) is 4.90 Å². The number of nitrogens with zero attached hydrogens (tertiary/aromatic N) is 1. The summed E-state index contributed by atoms with van der Waals surface area (Å²) in [6, 6.07) is 0. The molecule has 1 saturated heterocycles. The molecule has 1 heterocycles. The maximum atomic E-state index is 12.9. The first-order chi connectivity index (χ1) is 8.63. The number of carbonyl (C=O) groups excluding carboxylic acids is 1. The lowest BCUT2D eigenvalue weighted by Crippen LogP contribution is -2.54. The molecule has 19 heavy (non-hydrogen) atoms. The fourth-order valence-electron chi connectivity index (χ4n) is 2.66. The van der Waals surface area contributed by atoms with Gasteiger partial charge in [0.2, 0.25) is 5.91 Å². The number of halogens is 3. The lowest BCUT2D eigenvalue weighted by Gasteiger charge is -2.42. The molecule has 1 fully saturated rings. The van der Waals surface area contributed by atoms with Crippen LogP contribution in [0.3, 0.4) is 0 Å². The highest BCUT2D eigenvalue weighted by atomic mass is 19.4. The molecule has 0 aliphatic carbocycles. The molecule has 3 nitrogen and oxygen atoms in total. The van der Waals surface area contributed by atoms with Gasteiger partial charge in [0.25, 0.3) is 0 Å². The first kappa shape index (κ1) is 16.3. The Labute approximate surface area is 111 Å². The van der Waals surface area contributed by atoms with Gasteiger partial charge in [0.15, 0.2) is 5.60 Å². The average Bonchev–Trinajstić information content (AvgIpc) is 2.35. The molecular formula is C13H22F3NO2. The van der Waals surface area contributed by atoms with Crippen LogP contribution in [0.15, 0.2) is 0 Å². The SMILES string of the molecule is CCC(O)(C1CCN(C(=O)C(C)C)CC1)C(F)(F)F. The maximum absolute atomic E-state index is 12.9. The number of aliphatic hydroxyl groups is 1. The number of carbonyl (C=O) groups is 1. The van der Waals surface area contributed by atoms with Crippen LogP contribution in [-0.2, 0) is 4.79 Å². The van der Waals surface area contributed by atoms with E-state index < -0.39 is 17.7 Å². The lowest BCUT2D eigenvalue weighted by atomic mass is 9.78. The van der Waals surface area contributed by atoms with Gasteiger partial charge in [-0.15, -0.1) is 0 Å². The fourth-order valence-corrected chi connectivity index (χ4v) is 2.66. The summed E-state index contributed by atoms with van der Waals surface area (Å²) in [4.78, 5) is 13.4. The molecule has 1 rings (SSSR count). The van der Waals surface area contributed by atoms with Crippen molar-refractivity contribution >= 4 is 5.91 Å². The number of rotatable bonds is 3. The Morgan fingerprint density at radius 3 is 2.11 bits per heavy atom. The van der Waals surface area contributed by atoms with Gasteiger partial charge in [-0.2, -0.15) is 13.2 Å². The zero-order chi connectivity index (χ0) is 14.8. The maximum Gasteiger partial charge on any atom is 0.417 e. The van der Waals surface area contributed by atoms with Gasteiger partial charge < -0.3 is 10.0 Å². The number of piperidine rings is 1. The molecular weight excluding hydrogens is 259 g/mol. The van der Waals surface area contributed by atoms with E-state index in [1.54, 1.807) is 18.7 Å². The van der Waals surface area contributed by atoms with Crippen molar-refractivity contribution in [1.29, 1.82) is 0 Å². The van der Waals surface area contributed by atoms with Crippen LogP contribution in [0.5, 0.6) is 0 Å². The van der Waals surface area contributed by atoms with E-state index in [0.717, 1.165) is 0 Å². The molecule has 1 aliphatic rings. The number of hydrogen-bond acceptors (Lipinski definition) is 2. The molecule has 6 heteroatoms. The normalized spacial score (nSPS) is 21.6. The minimum absolute atomic E-state index is 0.0366. The van der Waals surface area contributed by atoms with Gasteiger partial charge in [-0.05, 0) is 25.2 Å². The topological polar surface area (TPSA) is 40.5 Å². The second-order valence-electron chi connectivity index (χ2n) is 5.53. The summed E-state index contributed by atoms with van der Waals surface area (Å²) in [6.45, 7) is 5.47. The molecule has 1 N–H and O–H groups in total. The third kappa shape index (κ3) is 3.22. The van der Waals surface area contributed by atoms with Crippen molar-refractivity contribution in [3.05, 3.63) is 0 Å². The molecule has 1 unspecified atom stereocenters. The molecule has 0 aromatic carbocycles. The molecule has 1 aliphatic heterocycles. The Kier molecular flexibility index (Phi) is 4.87. The predicted molar refractivity (Wildman–Crippen MR) is 65.4 cm³/mol. The third-order valence-electron chi connectivity index (χ3n) is 4.01. The van der Waals surface area contributed by atoms with Crippen molar-refractivity contribution in [3.8, 4) is 0 Å². The minimum Gasteiger partial charge on any atom is -0.380 e. The van der Waals surface area contributed by atoms with E-state index in [4.69, 9.17) is 0 Å². The van der Waals surface area contributed by atoms with Crippen LogP contribution >= 0.6 is 0 Å². The van der Waals surface area contributed by atoms with Crippen LogP contribution in [0.2, 0.25) is 0 Å². The summed E-state index contributed by atoms with van der Waals surface area (Å²) in [5, 5.41) is 9.89. The Morgan fingerprint density at radius 1 is 1.32 bits per heavy atom. The quantitative estimate of drug-likeness (QED) is 0.863. The van der Waals surface area contributed by atoms with Crippen molar-refractivity contribution in [2.24, 2.45) is 11.8 Å². The van der Waals surface area contributed by atoms with Crippen molar-refractivity contribution in [2.45, 2.75) is 51.8 Å². The third-order valence-corrected chi connectivity index (χ3v) is 4.01. The van der Waals surface area contributed by atoms with E-state index in [2.05, 4.69) is 0 Å². The Morgan fingerprint density at radius 2 is 1.79 bits per heavy atom. The highest BCUT2D eigenvalue weighted by Crippen LogP contribution is 2.43. The van der Waals surface area contributed by atoms with E-state index in [0.29, 0.717) is 13.1 Å². The Bertz CT molecular complexity index is 322. The largest absolute Gasteiger partial charge is 0.417 e. The van der Waals surface area contributed by atoms with Crippen LogP contribution in [0.25, 0.3) is 0 Å². The summed E-state index contributed by atoms with van der Waals surface area (Å²) < 4.78 is 38.8. The molecule has 0 radical (unpaired) electrons. The van der Waals surface area contributed by atoms with Gasteiger partial charge in [-0.25, -0.2) is 0 Å². The number of hydrogen-bond donors (Lipinski definition) is 1. The second kappa shape index (κ2) is 5.69. The van der Waals surface area contributed by atoms with E-state index in [1.165, 1.54) is 6.92 Å². The predicted octanol–water partition coefficient (Wildman–Crippen LogP) is 2.58. The van der Waals surface area contributed by atoms with Crippen LogP contribution in [-0.4, -0.2) is 40.8 Å². The van der Waals surface area contributed by atoms with Crippen LogP contribution in [0.4, 0.5) is 13.2 Å². The van der Waals surface area contributed by atoms with Crippen molar-refractivity contribution in [2.75, 3.05) is 13.1 Å². The number of likely N-dealkylation sites (tertiary alicyclic amines) is 1. The Balaban J connectivity index is 2.70. The summed E-state index contributed by atoms with van der Waals surface area (Å²) in [7, 11) is 0. The summed E-state index contributed by atoms with van der Waals surface area (Å²) in [6.07, 6.45) is -4.57. The summed E-state index contributed by atoms with van der Waals surface area (Å²) >= 11 is 0. The van der Waals surface area contributed by atoms with Gasteiger partial charge in [-0.1, -0.05) is 20.8 Å². The molecule has 112 valence electrons. The highest BCUT2D eigenvalue weighted by Gasteiger charge is 2.57. The summed E-state index contributed by atoms with van der Waals surface area (Å²) in [5.74, 6) is -1.01. The van der Waals surface area contributed by atoms with Crippen molar-refractivity contribution in [3.63, 3.8) is 0 Å². The first-order valence-corrected chi connectivity index (χ1v) is 6.71. The molecule has 0 saturated carbocycles. The monoisotopic (exact) mass is 281 g/mol. The van der Waals surface area contributed by atoms with Crippen molar-refractivity contribution < 1.29 is 23.1 Å². The van der Waals surface area contributed by atoms with Crippen LogP contribution < -0.4 is 0 Å². The van der Waals surface area contributed by atoms with Gasteiger partial charge in [0, 0.05) is 19.0 Å². The van der Waals surface area contributed by atoms with E-state index in [9.17, 15) is 23.1 Å². The van der Waals surface area contributed by atoms with Crippen LogP contribution in [0, 0.1) is 11.8 Å². The van der Waals surface area contributed by atoms with E-state index in [-0.39, 0.29) is 31.1 Å². The molecule has 1 atom stereocenters. The molecule has 0 aromatic rings. The Hall–Kier alpha value is -0.780. The zero-order valence-corrected chi connectivity index (χ0v) is 11.6. The molecule has 1 amide bonds.